The summed E-state index contributed by atoms with van der Waals surface area (Å²) in [5.41, 5.74) is 0. The molecule has 0 bridgehead atoms. The monoisotopic (exact) mass is 174 g/mol. The molecule has 0 atom stereocenters. The fraction of sp³-hybridized carbons (Fsp3) is 0.429. The quantitative estimate of drug-likeness (QED) is 0.696. The highest BCUT2D eigenvalue weighted by Crippen LogP contribution is 2.27. The van der Waals surface area contributed by atoms with Crippen LogP contribution in [0.25, 0.3) is 0 Å². The van der Waals surface area contributed by atoms with Gasteiger partial charge in [0.05, 0.1) is 12.0 Å². The number of rotatable bonds is 3. The standard InChI is InChI=1S/C7H10OS2/c1-8-6-3-4-10-7(6)5-9-2/h3-4H,5H2,1-2H3. The fourth-order valence-corrected chi connectivity index (χ4v) is 2.40. The minimum Gasteiger partial charge on any atom is -0.496 e. The van der Waals surface area contributed by atoms with E-state index in [4.69, 9.17) is 4.74 Å². The minimum absolute atomic E-state index is 1.03. The third-order valence-electron chi connectivity index (χ3n) is 1.20. The Morgan fingerprint density at radius 3 is 3.10 bits per heavy atom. The van der Waals surface area contributed by atoms with Gasteiger partial charge in [-0.2, -0.15) is 11.8 Å². The van der Waals surface area contributed by atoms with E-state index in [0.717, 1.165) is 11.5 Å². The Labute approximate surface area is 69.4 Å². The van der Waals surface area contributed by atoms with Crippen LogP contribution in [0.5, 0.6) is 5.75 Å². The van der Waals surface area contributed by atoms with E-state index >= 15 is 0 Å². The Balaban J connectivity index is 2.70. The van der Waals surface area contributed by atoms with Gasteiger partial charge < -0.3 is 4.74 Å². The minimum atomic E-state index is 1.03. The molecule has 1 aromatic rings. The van der Waals surface area contributed by atoms with Crippen molar-refractivity contribution in [1.29, 1.82) is 0 Å². The molecule has 0 aliphatic rings. The molecule has 1 nitrogen and oxygen atoms in total. The Kier molecular flexibility index (Phi) is 3.09. The first-order valence-corrected chi connectivity index (χ1v) is 5.25. The summed E-state index contributed by atoms with van der Waals surface area (Å²) in [6.07, 6.45) is 2.10. The van der Waals surface area contributed by atoms with Gasteiger partial charge in [0.15, 0.2) is 0 Å². The molecule has 10 heavy (non-hydrogen) atoms. The summed E-state index contributed by atoms with van der Waals surface area (Å²) >= 11 is 3.57. The van der Waals surface area contributed by atoms with Gasteiger partial charge in [-0.15, -0.1) is 11.3 Å². The summed E-state index contributed by atoms with van der Waals surface area (Å²) < 4.78 is 5.13. The van der Waals surface area contributed by atoms with Crippen LogP contribution in [-0.4, -0.2) is 13.4 Å². The molecule has 0 amide bonds. The molecule has 1 aromatic heterocycles. The smallest absolute Gasteiger partial charge is 0.133 e. The van der Waals surface area contributed by atoms with Crippen molar-refractivity contribution < 1.29 is 4.74 Å². The molecule has 0 spiro atoms. The highest BCUT2D eigenvalue weighted by molar-refractivity contribution is 7.97. The van der Waals surface area contributed by atoms with Gasteiger partial charge in [0, 0.05) is 5.75 Å². The van der Waals surface area contributed by atoms with Crippen molar-refractivity contribution in [2.75, 3.05) is 13.4 Å². The predicted molar refractivity (Wildman–Crippen MR) is 48.1 cm³/mol. The second-order valence-electron chi connectivity index (χ2n) is 1.85. The molecule has 0 aliphatic heterocycles. The molecule has 0 fully saturated rings. The molecule has 56 valence electrons. The van der Waals surface area contributed by atoms with E-state index in [1.165, 1.54) is 4.88 Å². The lowest BCUT2D eigenvalue weighted by Crippen LogP contribution is -1.82. The molecule has 0 N–H and O–H groups in total. The van der Waals surface area contributed by atoms with Gasteiger partial charge in [-0.3, -0.25) is 0 Å². The first kappa shape index (κ1) is 7.95. The Morgan fingerprint density at radius 2 is 2.50 bits per heavy atom. The highest BCUT2D eigenvalue weighted by atomic mass is 32.2. The van der Waals surface area contributed by atoms with E-state index < -0.39 is 0 Å². The number of methoxy groups -OCH3 is 1. The van der Waals surface area contributed by atoms with Crippen LogP contribution < -0.4 is 4.74 Å². The zero-order valence-corrected chi connectivity index (χ0v) is 7.72. The molecular weight excluding hydrogens is 164 g/mol. The van der Waals surface area contributed by atoms with Crippen LogP contribution in [0.1, 0.15) is 4.88 Å². The van der Waals surface area contributed by atoms with Gasteiger partial charge in [-0.05, 0) is 17.7 Å². The summed E-state index contributed by atoms with van der Waals surface area (Å²) in [5, 5.41) is 2.06. The topological polar surface area (TPSA) is 9.23 Å². The lowest BCUT2D eigenvalue weighted by atomic mass is 10.5. The third kappa shape index (κ3) is 1.67. The Hall–Kier alpha value is -0.150. The van der Waals surface area contributed by atoms with E-state index in [1.807, 2.05) is 17.8 Å². The van der Waals surface area contributed by atoms with Crippen molar-refractivity contribution in [1.82, 2.24) is 0 Å². The number of thioether (sulfide) groups is 1. The summed E-state index contributed by atoms with van der Waals surface area (Å²) in [4.78, 5) is 1.33. The number of thiophene rings is 1. The summed E-state index contributed by atoms with van der Waals surface area (Å²) in [6.45, 7) is 0. The molecule has 0 aliphatic carbocycles. The highest BCUT2D eigenvalue weighted by Gasteiger charge is 2.01. The zero-order chi connectivity index (χ0) is 7.40. The second-order valence-corrected chi connectivity index (χ2v) is 3.71. The first-order chi connectivity index (χ1) is 4.88. The summed E-state index contributed by atoms with van der Waals surface area (Å²) in [6, 6.07) is 2.01. The third-order valence-corrected chi connectivity index (χ3v) is 2.86. The second kappa shape index (κ2) is 3.88. The first-order valence-electron chi connectivity index (χ1n) is 2.97. The van der Waals surface area contributed by atoms with Gasteiger partial charge in [-0.1, -0.05) is 0 Å². The van der Waals surface area contributed by atoms with E-state index in [1.54, 1.807) is 18.4 Å². The molecule has 0 radical (unpaired) electrons. The maximum absolute atomic E-state index is 5.13. The average Bonchev–Trinajstić information content (AvgIpc) is 2.36. The lowest BCUT2D eigenvalue weighted by molar-refractivity contribution is 0.414. The molecule has 0 aromatic carbocycles. The van der Waals surface area contributed by atoms with Crippen molar-refractivity contribution in [2.45, 2.75) is 5.75 Å². The van der Waals surface area contributed by atoms with Gasteiger partial charge in [-0.25, -0.2) is 0 Å². The van der Waals surface area contributed by atoms with Gasteiger partial charge in [0.25, 0.3) is 0 Å². The maximum Gasteiger partial charge on any atom is 0.133 e. The van der Waals surface area contributed by atoms with Gasteiger partial charge in [0.1, 0.15) is 5.75 Å². The largest absolute Gasteiger partial charge is 0.496 e. The van der Waals surface area contributed by atoms with Crippen molar-refractivity contribution >= 4 is 23.1 Å². The van der Waals surface area contributed by atoms with Crippen LogP contribution >= 0.6 is 23.1 Å². The normalized spacial score (nSPS) is 9.80. The van der Waals surface area contributed by atoms with Crippen molar-refractivity contribution in [3.05, 3.63) is 16.3 Å². The number of ether oxygens (including phenoxy) is 1. The van der Waals surface area contributed by atoms with Gasteiger partial charge >= 0.3 is 0 Å². The molecular formula is C7H10OS2. The van der Waals surface area contributed by atoms with Crippen LogP contribution in [0, 0.1) is 0 Å². The van der Waals surface area contributed by atoms with Crippen LogP contribution in [0.2, 0.25) is 0 Å². The SMILES string of the molecule is COc1ccsc1CSC. The van der Waals surface area contributed by atoms with E-state index in [2.05, 4.69) is 11.6 Å². The Morgan fingerprint density at radius 1 is 1.70 bits per heavy atom. The molecule has 3 heteroatoms. The Bertz CT molecular complexity index is 195. The molecule has 0 saturated heterocycles. The molecule has 0 saturated carbocycles. The fourth-order valence-electron chi connectivity index (χ4n) is 0.747. The van der Waals surface area contributed by atoms with Crippen LogP contribution in [0.4, 0.5) is 0 Å². The van der Waals surface area contributed by atoms with Crippen molar-refractivity contribution in [3.63, 3.8) is 0 Å². The maximum atomic E-state index is 5.13. The van der Waals surface area contributed by atoms with Crippen LogP contribution in [0.15, 0.2) is 11.4 Å². The van der Waals surface area contributed by atoms with Crippen LogP contribution in [-0.2, 0) is 5.75 Å². The summed E-state index contributed by atoms with van der Waals surface area (Å²) in [5.74, 6) is 2.08. The molecule has 1 rings (SSSR count). The van der Waals surface area contributed by atoms with E-state index in [9.17, 15) is 0 Å². The number of hydrogen-bond donors (Lipinski definition) is 0. The van der Waals surface area contributed by atoms with Crippen molar-refractivity contribution in [3.8, 4) is 5.75 Å². The van der Waals surface area contributed by atoms with Gasteiger partial charge in [0.2, 0.25) is 0 Å². The summed E-state index contributed by atoms with van der Waals surface area (Å²) in [7, 11) is 1.71. The lowest BCUT2D eigenvalue weighted by Gasteiger charge is -1.98. The van der Waals surface area contributed by atoms with E-state index in [0.29, 0.717) is 0 Å². The molecule has 0 unspecified atom stereocenters. The number of hydrogen-bond acceptors (Lipinski definition) is 3. The van der Waals surface area contributed by atoms with Crippen molar-refractivity contribution in [2.24, 2.45) is 0 Å². The average molecular weight is 174 g/mol. The van der Waals surface area contributed by atoms with E-state index in [-0.39, 0.29) is 0 Å². The van der Waals surface area contributed by atoms with Crippen LogP contribution in [0.3, 0.4) is 0 Å². The predicted octanol–water partition coefficient (Wildman–Crippen LogP) is 2.62. The molecule has 1 heterocycles. The zero-order valence-electron chi connectivity index (χ0n) is 6.09.